The Kier molecular flexibility index (Phi) is 5.98. The van der Waals surface area contributed by atoms with E-state index in [2.05, 4.69) is 15.1 Å². The Hall–Kier alpha value is -4.51. The van der Waals surface area contributed by atoms with Gasteiger partial charge in [-0.3, -0.25) is 15.2 Å². The third kappa shape index (κ3) is 4.49. The molecule has 4 heterocycles. The molecule has 0 saturated heterocycles. The van der Waals surface area contributed by atoms with Gasteiger partial charge in [0.05, 0.1) is 18.4 Å². The number of ether oxygens (including phenoxy) is 2. The molecule has 0 unspecified atom stereocenters. The molecule has 2 aromatic heterocycles. The highest BCUT2D eigenvalue weighted by Crippen LogP contribution is 2.33. The first kappa shape index (κ1) is 22.3. The van der Waals surface area contributed by atoms with Crippen LogP contribution < -0.4 is 9.47 Å². The number of esters is 1. The van der Waals surface area contributed by atoms with Crippen molar-refractivity contribution >= 4 is 45.8 Å². The quantitative estimate of drug-likeness (QED) is 0.314. The first-order valence-corrected chi connectivity index (χ1v) is 11.3. The fourth-order valence-electron chi connectivity index (χ4n) is 3.28. The van der Waals surface area contributed by atoms with Gasteiger partial charge >= 0.3 is 5.97 Å². The second-order valence-electron chi connectivity index (χ2n) is 7.17. The standard InChI is InChI=1S/C24H17N5O5S/c1-2-32-19-12-14(7-8-17(19)34-23(31)18-6-4-10-33-18)11-16-20(25)29-24(27-21(16)30)35-22(28-29)15-5-3-9-26-13-15/h3-13,25H,2H2,1H3/b16-11-,25-20?. The molecule has 3 aromatic rings. The third-order valence-electron chi connectivity index (χ3n) is 4.87. The molecule has 0 aliphatic carbocycles. The van der Waals surface area contributed by atoms with Crippen molar-refractivity contribution in [3.05, 3.63) is 83.6 Å². The second kappa shape index (κ2) is 9.39. The Balaban J connectivity index is 1.42. The van der Waals surface area contributed by atoms with Crippen LogP contribution in [0.3, 0.4) is 0 Å². The lowest BCUT2D eigenvalue weighted by molar-refractivity contribution is -0.114. The smallest absolute Gasteiger partial charge is 0.379 e. The van der Waals surface area contributed by atoms with E-state index in [0.717, 1.165) is 5.56 Å². The first-order chi connectivity index (χ1) is 17.0. The highest BCUT2D eigenvalue weighted by molar-refractivity contribution is 8.27. The lowest BCUT2D eigenvalue weighted by atomic mass is 10.1. The Morgan fingerprint density at radius 2 is 2.11 bits per heavy atom. The van der Waals surface area contributed by atoms with Crippen molar-refractivity contribution in [2.75, 3.05) is 6.61 Å². The van der Waals surface area contributed by atoms with Gasteiger partial charge in [-0.15, -0.1) is 0 Å². The number of hydrogen-bond donors (Lipinski definition) is 1. The number of aliphatic imine (C=N–C) groups is 1. The number of thioether (sulfide) groups is 1. The maximum Gasteiger partial charge on any atom is 0.379 e. The van der Waals surface area contributed by atoms with Crippen molar-refractivity contribution in [2.24, 2.45) is 10.1 Å². The zero-order valence-electron chi connectivity index (χ0n) is 18.3. The number of fused-ring (bicyclic) bond motifs is 1. The number of rotatable bonds is 6. The lowest BCUT2D eigenvalue weighted by Gasteiger charge is -2.20. The van der Waals surface area contributed by atoms with E-state index in [1.165, 1.54) is 35.2 Å². The Morgan fingerprint density at radius 3 is 2.86 bits per heavy atom. The number of nitrogens with one attached hydrogen (secondary N) is 1. The number of carbonyl (C=O) groups excluding carboxylic acids is 2. The van der Waals surface area contributed by atoms with Gasteiger partial charge in [0.1, 0.15) is 5.04 Å². The van der Waals surface area contributed by atoms with Crippen LogP contribution in [-0.4, -0.2) is 44.5 Å². The molecule has 35 heavy (non-hydrogen) atoms. The number of nitrogens with zero attached hydrogens (tertiary/aromatic N) is 4. The largest absolute Gasteiger partial charge is 0.490 e. The van der Waals surface area contributed by atoms with E-state index in [1.807, 2.05) is 6.07 Å². The van der Waals surface area contributed by atoms with Gasteiger partial charge in [0, 0.05) is 18.0 Å². The summed E-state index contributed by atoms with van der Waals surface area (Å²) in [4.78, 5) is 33.2. The molecule has 0 atom stereocenters. The molecule has 1 amide bonds. The SMILES string of the molecule is CCOc1cc(/C=C2/C(=N)N3N=C(c4cccnc4)SC3=NC2=O)ccc1OC(=O)c1ccco1. The summed E-state index contributed by atoms with van der Waals surface area (Å²) >= 11 is 1.20. The molecule has 0 fully saturated rings. The molecule has 2 aliphatic heterocycles. The number of aromatic nitrogens is 1. The molecule has 1 aromatic carbocycles. The fraction of sp³-hybridized carbons (Fsp3) is 0.0833. The van der Waals surface area contributed by atoms with Crippen LogP contribution in [0, 0.1) is 5.41 Å². The van der Waals surface area contributed by atoms with Gasteiger partial charge in [-0.2, -0.15) is 15.1 Å². The minimum absolute atomic E-state index is 0.0586. The van der Waals surface area contributed by atoms with Gasteiger partial charge in [-0.05, 0) is 66.7 Å². The number of hydrogen-bond acceptors (Lipinski definition) is 9. The third-order valence-corrected chi connectivity index (χ3v) is 5.82. The van der Waals surface area contributed by atoms with Crippen molar-refractivity contribution in [2.45, 2.75) is 6.92 Å². The normalized spacial score (nSPS) is 16.1. The maximum atomic E-state index is 12.7. The van der Waals surface area contributed by atoms with E-state index >= 15 is 0 Å². The summed E-state index contributed by atoms with van der Waals surface area (Å²) in [6, 6.07) is 11.5. The van der Waals surface area contributed by atoms with E-state index in [4.69, 9.17) is 19.3 Å². The summed E-state index contributed by atoms with van der Waals surface area (Å²) in [7, 11) is 0. The van der Waals surface area contributed by atoms with Crippen LogP contribution in [0.4, 0.5) is 0 Å². The number of amidine groups is 2. The number of pyridine rings is 1. The molecule has 5 rings (SSSR count). The zero-order chi connectivity index (χ0) is 24.4. The highest BCUT2D eigenvalue weighted by Gasteiger charge is 2.36. The van der Waals surface area contributed by atoms with Gasteiger partial charge in [-0.25, -0.2) is 4.79 Å². The molecule has 10 nitrogen and oxygen atoms in total. The van der Waals surface area contributed by atoms with Crippen LogP contribution >= 0.6 is 11.8 Å². The van der Waals surface area contributed by atoms with E-state index in [-0.39, 0.29) is 22.9 Å². The summed E-state index contributed by atoms with van der Waals surface area (Å²) in [6.45, 7) is 2.12. The average molecular weight is 487 g/mol. The molecular formula is C24H17N5O5S. The number of amides is 1. The van der Waals surface area contributed by atoms with Gasteiger partial charge in [0.25, 0.3) is 5.91 Å². The highest BCUT2D eigenvalue weighted by atomic mass is 32.2. The van der Waals surface area contributed by atoms with Gasteiger partial charge < -0.3 is 13.9 Å². The summed E-state index contributed by atoms with van der Waals surface area (Å²) in [6.07, 6.45) is 6.21. The summed E-state index contributed by atoms with van der Waals surface area (Å²) in [5.74, 6) is -0.762. The molecule has 0 radical (unpaired) electrons. The fourth-order valence-corrected chi connectivity index (χ4v) is 4.16. The van der Waals surface area contributed by atoms with E-state index in [9.17, 15) is 9.59 Å². The van der Waals surface area contributed by atoms with Crippen molar-refractivity contribution < 1.29 is 23.5 Å². The lowest BCUT2D eigenvalue weighted by Crippen LogP contribution is -2.35. The van der Waals surface area contributed by atoms with Crippen LogP contribution in [0.1, 0.15) is 28.6 Å². The minimum Gasteiger partial charge on any atom is -0.490 e. The van der Waals surface area contributed by atoms with Crippen LogP contribution in [0.5, 0.6) is 11.5 Å². The van der Waals surface area contributed by atoms with E-state index in [0.29, 0.717) is 28.1 Å². The maximum absolute atomic E-state index is 12.7. The van der Waals surface area contributed by atoms with Crippen LogP contribution in [0.2, 0.25) is 0 Å². The van der Waals surface area contributed by atoms with Crippen molar-refractivity contribution in [3.8, 4) is 11.5 Å². The number of carbonyl (C=O) groups is 2. The average Bonchev–Trinajstić information content (AvgIpc) is 3.55. The monoisotopic (exact) mass is 487 g/mol. The zero-order valence-corrected chi connectivity index (χ0v) is 19.1. The minimum atomic E-state index is -0.665. The Morgan fingerprint density at radius 1 is 1.23 bits per heavy atom. The first-order valence-electron chi connectivity index (χ1n) is 10.5. The van der Waals surface area contributed by atoms with Crippen LogP contribution in [0.25, 0.3) is 6.08 Å². The van der Waals surface area contributed by atoms with Gasteiger partial charge in [-0.1, -0.05) is 6.07 Å². The van der Waals surface area contributed by atoms with Crippen LogP contribution in [0.15, 0.2) is 81.2 Å². The van der Waals surface area contributed by atoms with Gasteiger partial charge in [0.15, 0.2) is 17.3 Å². The summed E-state index contributed by atoms with van der Waals surface area (Å²) in [5.41, 5.74) is 1.39. The van der Waals surface area contributed by atoms with E-state index in [1.54, 1.807) is 49.6 Å². The topological polar surface area (TPSA) is 130 Å². The van der Waals surface area contributed by atoms with Gasteiger partial charge in [0.2, 0.25) is 10.9 Å². The molecular weight excluding hydrogens is 470 g/mol. The molecule has 2 aliphatic rings. The Labute approximate surface area is 203 Å². The molecule has 0 bridgehead atoms. The van der Waals surface area contributed by atoms with Crippen molar-refractivity contribution in [1.82, 2.24) is 9.99 Å². The molecule has 174 valence electrons. The predicted molar refractivity (Wildman–Crippen MR) is 130 cm³/mol. The molecule has 1 N–H and O–H groups in total. The number of furan rings is 1. The van der Waals surface area contributed by atoms with Crippen LogP contribution in [-0.2, 0) is 4.79 Å². The number of benzene rings is 1. The summed E-state index contributed by atoms with van der Waals surface area (Å²) < 4.78 is 16.1. The second-order valence-corrected chi connectivity index (χ2v) is 8.13. The predicted octanol–water partition coefficient (Wildman–Crippen LogP) is 3.96. The molecule has 0 spiro atoms. The Bertz CT molecular complexity index is 1410. The summed E-state index contributed by atoms with van der Waals surface area (Å²) in [5, 5.41) is 15.2. The van der Waals surface area contributed by atoms with E-state index < -0.39 is 11.9 Å². The van der Waals surface area contributed by atoms with Crippen molar-refractivity contribution in [3.63, 3.8) is 0 Å². The number of hydrazone groups is 1. The molecule has 11 heteroatoms. The van der Waals surface area contributed by atoms with Crippen molar-refractivity contribution in [1.29, 1.82) is 5.41 Å². The molecule has 0 saturated carbocycles.